The van der Waals surface area contributed by atoms with E-state index in [1.807, 2.05) is 0 Å². The normalized spacial score (nSPS) is 13.0. The van der Waals surface area contributed by atoms with Crippen molar-refractivity contribution in [3.05, 3.63) is 58.3 Å². The second-order valence-corrected chi connectivity index (χ2v) is 6.70. The highest BCUT2D eigenvalue weighted by atomic mass is 35.5. The maximum absolute atomic E-state index is 12.9. The van der Waals surface area contributed by atoms with E-state index < -0.39 is 6.04 Å². The highest BCUT2D eigenvalue weighted by Crippen LogP contribution is 2.29. The van der Waals surface area contributed by atoms with Gasteiger partial charge in [0, 0.05) is 5.69 Å². The van der Waals surface area contributed by atoms with Gasteiger partial charge in [0.15, 0.2) is 12.6 Å². The number of amides is 2. The lowest BCUT2D eigenvalue weighted by Crippen LogP contribution is -3.14. The Hall–Kier alpha value is -2.15. The van der Waals surface area contributed by atoms with Crippen molar-refractivity contribution < 1.29 is 18.9 Å². The summed E-state index contributed by atoms with van der Waals surface area (Å²) in [4.78, 5) is 25.2. The van der Waals surface area contributed by atoms with E-state index in [1.54, 1.807) is 32.2 Å². The minimum atomic E-state index is -0.507. The third-order valence-electron chi connectivity index (χ3n) is 3.91. The number of carbonyl (C=O) groups excluding carboxylic acids is 2. The second kappa shape index (κ2) is 8.98. The van der Waals surface area contributed by atoms with Gasteiger partial charge >= 0.3 is 0 Å². The third-order valence-corrected chi connectivity index (χ3v) is 4.54. The van der Waals surface area contributed by atoms with Crippen LogP contribution < -0.4 is 15.5 Å². The largest absolute Gasteiger partial charge is 0.321 e. The second-order valence-electron chi connectivity index (χ2n) is 5.89. The summed E-state index contributed by atoms with van der Waals surface area (Å²) in [5, 5.41) is 6.03. The molecular weight excluding hydrogens is 380 g/mol. The van der Waals surface area contributed by atoms with Gasteiger partial charge in [0.2, 0.25) is 0 Å². The van der Waals surface area contributed by atoms with Gasteiger partial charge in [0.25, 0.3) is 11.8 Å². The minimum Gasteiger partial charge on any atom is -0.321 e. The van der Waals surface area contributed by atoms with Crippen molar-refractivity contribution in [3.63, 3.8) is 0 Å². The average Bonchev–Trinajstić information content (AvgIpc) is 2.59. The van der Waals surface area contributed by atoms with E-state index in [4.69, 9.17) is 23.2 Å². The SMILES string of the molecule is C[C@@H](C(=O)Nc1ccc(F)cc1)[NH+](C)CC(=O)Nc1c(Cl)cccc1Cl. The van der Waals surface area contributed by atoms with Crippen LogP contribution in [0.25, 0.3) is 0 Å². The van der Waals surface area contributed by atoms with Crippen LogP contribution in [0.2, 0.25) is 10.0 Å². The third kappa shape index (κ3) is 5.42. The smallest absolute Gasteiger partial charge is 0.282 e. The molecule has 1 unspecified atom stereocenters. The molecule has 0 aliphatic carbocycles. The van der Waals surface area contributed by atoms with Crippen LogP contribution >= 0.6 is 23.2 Å². The molecule has 8 heteroatoms. The van der Waals surface area contributed by atoms with Gasteiger partial charge in [-0.2, -0.15) is 0 Å². The Bertz CT molecular complexity index is 779. The molecule has 2 atom stereocenters. The number of nitrogens with one attached hydrogen (secondary N) is 3. The van der Waals surface area contributed by atoms with Gasteiger partial charge in [-0.05, 0) is 43.3 Å². The summed E-state index contributed by atoms with van der Waals surface area (Å²) >= 11 is 12.1. The predicted octanol–water partition coefficient (Wildman–Crippen LogP) is 2.61. The molecule has 26 heavy (non-hydrogen) atoms. The molecule has 0 aliphatic rings. The molecule has 0 aromatic heterocycles. The Labute approximate surface area is 161 Å². The van der Waals surface area contributed by atoms with Crippen LogP contribution in [-0.2, 0) is 9.59 Å². The molecule has 0 bridgehead atoms. The molecule has 0 radical (unpaired) electrons. The summed E-state index contributed by atoms with van der Waals surface area (Å²) in [6.07, 6.45) is 0. The summed E-state index contributed by atoms with van der Waals surface area (Å²) in [5.74, 6) is -0.981. The zero-order chi connectivity index (χ0) is 19.3. The van der Waals surface area contributed by atoms with Crippen LogP contribution in [0.3, 0.4) is 0 Å². The van der Waals surface area contributed by atoms with E-state index >= 15 is 0 Å². The first-order valence-electron chi connectivity index (χ1n) is 7.90. The summed E-state index contributed by atoms with van der Waals surface area (Å²) < 4.78 is 12.9. The summed E-state index contributed by atoms with van der Waals surface area (Å²) in [5.41, 5.74) is 0.834. The zero-order valence-electron chi connectivity index (χ0n) is 14.3. The number of hydrogen-bond acceptors (Lipinski definition) is 2. The number of quaternary nitrogens is 1. The van der Waals surface area contributed by atoms with Crippen LogP contribution in [0.4, 0.5) is 15.8 Å². The average molecular weight is 399 g/mol. The first kappa shape index (κ1) is 20.2. The molecule has 0 fully saturated rings. The van der Waals surface area contributed by atoms with Crippen molar-refractivity contribution in [1.29, 1.82) is 0 Å². The fourth-order valence-electron chi connectivity index (χ4n) is 2.21. The van der Waals surface area contributed by atoms with Crippen LogP contribution in [0.5, 0.6) is 0 Å². The van der Waals surface area contributed by atoms with Gasteiger partial charge in [-0.3, -0.25) is 9.59 Å². The van der Waals surface area contributed by atoms with Crippen LogP contribution in [0.15, 0.2) is 42.5 Å². The van der Waals surface area contributed by atoms with Crippen LogP contribution in [0.1, 0.15) is 6.92 Å². The van der Waals surface area contributed by atoms with Crippen molar-refractivity contribution >= 4 is 46.4 Å². The first-order valence-corrected chi connectivity index (χ1v) is 8.66. The maximum Gasteiger partial charge on any atom is 0.282 e. The Balaban J connectivity index is 1.93. The Kier molecular flexibility index (Phi) is 6.97. The van der Waals surface area contributed by atoms with E-state index in [9.17, 15) is 14.0 Å². The van der Waals surface area contributed by atoms with Gasteiger partial charge in [-0.25, -0.2) is 4.39 Å². The van der Waals surface area contributed by atoms with E-state index in [1.165, 1.54) is 24.3 Å². The molecule has 0 spiro atoms. The lowest BCUT2D eigenvalue weighted by Gasteiger charge is -2.21. The minimum absolute atomic E-state index is 0.0412. The molecule has 138 valence electrons. The van der Waals surface area contributed by atoms with Crippen molar-refractivity contribution in [2.24, 2.45) is 0 Å². The van der Waals surface area contributed by atoms with Gasteiger partial charge in [-0.1, -0.05) is 29.3 Å². The first-order chi connectivity index (χ1) is 12.3. The number of likely N-dealkylation sites (N-methyl/N-ethyl adjacent to an activating group) is 1. The molecule has 0 aliphatic heterocycles. The van der Waals surface area contributed by atoms with Crippen LogP contribution in [-0.4, -0.2) is 31.4 Å². The fraction of sp³-hybridized carbons (Fsp3) is 0.222. The number of halogens is 3. The molecule has 2 aromatic rings. The molecule has 0 heterocycles. The quantitative estimate of drug-likeness (QED) is 0.700. The monoisotopic (exact) mass is 398 g/mol. The van der Waals surface area contributed by atoms with Crippen molar-refractivity contribution in [1.82, 2.24) is 0 Å². The Morgan fingerprint density at radius 1 is 1.08 bits per heavy atom. The standard InChI is InChI=1S/C18H18Cl2FN3O2/c1-11(18(26)22-13-8-6-12(21)7-9-13)24(2)10-16(25)23-17-14(19)4-3-5-15(17)20/h3-9,11H,10H2,1-2H3,(H,22,26)(H,23,25)/p+1/t11-/m0/s1. The van der Waals surface area contributed by atoms with Crippen molar-refractivity contribution in [2.75, 3.05) is 24.2 Å². The molecular formula is C18H19Cl2FN3O2+. The fourth-order valence-corrected chi connectivity index (χ4v) is 2.71. The van der Waals surface area contributed by atoms with Gasteiger partial charge in [0.1, 0.15) is 5.82 Å². The highest BCUT2D eigenvalue weighted by molar-refractivity contribution is 6.39. The summed E-state index contributed by atoms with van der Waals surface area (Å²) in [7, 11) is 1.72. The van der Waals surface area contributed by atoms with Crippen molar-refractivity contribution in [3.8, 4) is 0 Å². The van der Waals surface area contributed by atoms with Gasteiger partial charge < -0.3 is 15.5 Å². The number of para-hydroxylation sites is 1. The topological polar surface area (TPSA) is 62.6 Å². The van der Waals surface area contributed by atoms with E-state index in [0.717, 1.165) is 0 Å². The highest BCUT2D eigenvalue weighted by Gasteiger charge is 2.24. The number of carbonyl (C=O) groups is 2. The molecule has 0 saturated carbocycles. The molecule has 2 rings (SSSR count). The van der Waals surface area contributed by atoms with E-state index in [-0.39, 0.29) is 24.2 Å². The Morgan fingerprint density at radius 3 is 2.23 bits per heavy atom. The maximum atomic E-state index is 12.9. The summed E-state index contributed by atoms with van der Waals surface area (Å²) in [6.45, 7) is 1.74. The lowest BCUT2D eigenvalue weighted by atomic mass is 10.2. The molecule has 5 nitrogen and oxygen atoms in total. The summed E-state index contributed by atoms with van der Waals surface area (Å²) in [6, 6.07) is 9.89. The Morgan fingerprint density at radius 2 is 1.65 bits per heavy atom. The van der Waals surface area contributed by atoms with E-state index in [2.05, 4.69) is 10.6 Å². The molecule has 2 amide bonds. The number of rotatable bonds is 6. The molecule has 3 N–H and O–H groups in total. The molecule has 2 aromatic carbocycles. The van der Waals surface area contributed by atoms with Crippen molar-refractivity contribution in [2.45, 2.75) is 13.0 Å². The lowest BCUT2D eigenvalue weighted by molar-refractivity contribution is -0.885. The van der Waals surface area contributed by atoms with Gasteiger partial charge in [0.05, 0.1) is 22.8 Å². The number of anilines is 2. The zero-order valence-corrected chi connectivity index (χ0v) is 15.8. The van der Waals surface area contributed by atoms with Crippen LogP contribution in [0, 0.1) is 5.82 Å². The predicted molar refractivity (Wildman–Crippen MR) is 101 cm³/mol. The number of hydrogen-bond donors (Lipinski definition) is 3. The number of benzene rings is 2. The van der Waals surface area contributed by atoms with E-state index in [0.29, 0.717) is 26.3 Å². The molecule has 0 saturated heterocycles. The van der Waals surface area contributed by atoms with Gasteiger partial charge in [-0.15, -0.1) is 0 Å².